The average molecular weight is 381 g/mol. The van der Waals surface area contributed by atoms with E-state index in [1.165, 1.54) is 0 Å². The molecule has 28 heavy (non-hydrogen) atoms. The Kier molecular flexibility index (Phi) is 6.09. The Hall–Kier alpha value is -3.15. The van der Waals surface area contributed by atoms with Crippen molar-refractivity contribution in [2.45, 2.75) is 32.7 Å². The fourth-order valence-corrected chi connectivity index (χ4v) is 3.28. The van der Waals surface area contributed by atoms with Crippen molar-refractivity contribution in [3.63, 3.8) is 0 Å². The first kappa shape index (κ1) is 19.6. The van der Waals surface area contributed by atoms with E-state index in [2.05, 4.69) is 0 Å². The van der Waals surface area contributed by atoms with Gasteiger partial charge < -0.3 is 14.4 Å². The second kappa shape index (κ2) is 8.69. The molecule has 0 unspecified atom stereocenters. The lowest BCUT2D eigenvalue weighted by atomic mass is 10.1. The quantitative estimate of drug-likeness (QED) is 0.544. The summed E-state index contributed by atoms with van der Waals surface area (Å²) in [6.45, 7) is 3.13. The van der Waals surface area contributed by atoms with Crippen LogP contribution in [0.5, 0.6) is 5.75 Å². The van der Waals surface area contributed by atoms with Gasteiger partial charge in [-0.3, -0.25) is 9.59 Å². The second-order valence-corrected chi connectivity index (χ2v) is 6.70. The molecule has 0 fully saturated rings. The van der Waals surface area contributed by atoms with E-state index >= 15 is 0 Å². The van der Waals surface area contributed by atoms with E-state index in [9.17, 15) is 14.4 Å². The normalized spacial score (nSPS) is 15.1. The monoisotopic (exact) mass is 381 g/mol. The number of Topliss-reactive ketones (excluding diaryl/α,β-unsaturated/α-hetero) is 1. The Bertz CT molecular complexity index is 875. The molecule has 0 spiro atoms. The van der Waals surface area contributed by atoms with Crippen LogP contribution in [0.1, 0.15) is 36.2 Å². The van der Waals surface area contributed by atoms with Gasteiger partial charge in [0, 0.05) is 23.7 Å². The molecule has 1 heterocycles. The molecule has 0 saturated heterocycles. The maximum absolute atomic E-state index is 12.5. The molecule has 1 aliphatic rings. The highest BCUT2D eigenvalue weighted by molar-refractivity contribution is 5.98. The number of amides is 1. The maximum atomic E-state index is 12.5. The number of anilines is 1. The van der Waals surface area contributed by atoms with E-state index in [4.69, 9.17) is 9.47 Å². The lowest BCUT2D eigenvalue weighted by Gasteiger charge is -2.22. The lowest BCUT2D eigenvalue weighted by Crippen LogP contribution is -2.39. The van der Waals surface area contributed by atoms with Crippen molar-refractivity contribution in [1.29, 1.82) is 0 Å². The molecule has 146 valence electrons. The largest absolute Gasteiger partial charge is 0.482 e. The molecule has 0 aromatic heterocycles. The molecule has 6 nitrogen and oxygen atoms in total. The smallest absolute Gasteiger partial charge is 0.344 e. The SMILES string of the molecule is CCC(=O)c1ccc(OCC(=O)OCC(=O)N2c3ccccc3C[C@@H]2C)cc1. The van der Waals surface area contributed by atoms with E-state index < -0.39 is 5.97 Å². The lowest BCUT2D eigenvalue weighted by molar-refractivity contribution is -0.149. The molecule has 0 aliphatic carbocycles. The molecule has 0 saturated carbocycles. The number of carbonyl (C=O) groups is 3. The van der Waals surface area contributed by atoms with Gasteiger partial charge in [-0.15, -0.1) is 0 Å². The van der Waals surface area contributed by atoms with Crippen LogP contribution in [0.2, 0.25) is 0 Å². The zero-order chi connectivity index (χ0) is 20.1. The number of nitrogens with zero attached hydrogens (tertiary/aromatic N) is 1. The Labute approximate surface area is 164 Å². The number of rotatable bonds is 7. The van der Waals surface area contributed by atoms with E-state index in [0.29, 0.717) is 17.7 Å². The van der Waals surface area contributed by atoms with Crippen molar-refractivity contribution in [1.82, 2.24) is 0 Å². The van der Waals surface area contributed by atoms with Gasteiger partial charge in [0.2, 0.25) is 0 Å². The predicted octanol–water partition coefficient (Wildman–Crippen LogP) is 3.18. The van der Waals surface area contributed by atoms with Gasteiger partial charge in [-0.2, -0.15) is 0 Å². The van der Waals surface area contributed by atoms with Crippen LogP contribution in [0.4, 0.5) is 5.69 Å². The van der Waals surface area contributed by atoms with E-state index in [0.717, 1.165) is 17.7 Å². The number of carbonyl (C=O) groups excluding carboxylic acids is 3. The summed E-state index contributed by atoms with van der Waals surface area (Å²) in [5.74, 6) is -0.379. The maximum Gasteiger partial charge on any atom is 0.344 e. The number of ketones is 1. The van der Waals surface area contributed by atoms with Crippen LogP contribution in [0.25, 0.3) is 0 Å². The van der Waals surface area contributed by atoms with Crippen LogP contribution in [0.15, 0.2) is 48.5 Å². The summed E-state index contributed by atoms with van der Waals surface area (Å²) >= 11 is 0. The summed E-state index contributed by atoms with van der Waals surface area (Å²) in [5.41, 5.74) is 2.58. The Morgan fingerprint density at radius 3 is 2.46 bits per heavy atom. The van der Waals surface area contributed by atoms with Crippen LogP contribution in [-0.4, -0.2) is 36.9 Å². The second-order valence-electron chi connectivity index (χ2n) is 6.70. The highest BCUT2D eigenvalue weighted by Crippen LogP contribution is 2.31. The zero-order valence-corrected chi connectivity index (χ0v) is 16.0. The van der Waals surface area contributed by atoms with E-state index in [1.807, 2.05) is 31.2 Å². The molecular formula is C22H23NO5. The Balaban J connectivity index is 1.48. The average Bonchev–Trinajstić information content (AvgIpc) is 3.06. The summed E-state index contributed by atoms with van der Waals surface area (Å²) in [7, 11) is 0. The number of para-hydroxylation sites is 1. The predicted molar refractivity (Wildman–Crippen MR) is 105 cm³/mol. The summed E-state index contributed by atoms with van der Waals surface area (Å²) < 4.78 is 10.4. The molecule has 3 rings (SSSR count). The molecule has 2 aromatic rings. The number of esters is 1. The molecule has 1 atom stereocenters. The number of hydrogen-bond acceptors (Lipinski definition) is 5. The van der Waals surface area contributed by atoms with Crippen molar-refractivity contribution >= 4 is 23.3 Å². The van der Waals surface area contributed by atoms with Crippen LogP contribution in [0.3, 0.4) is 0 Å². The van der Waals surface area contributed by atoms with Gasteiger partial charge in [0.05, 0.1) is 0 Å². The number of fused-ring (bicyclic) bond motifs is 1. The molecule has 1 amide bonds. The van der Waals surface area contributed by atoms with Crippen LogP contribution in [-0.2, 0) is 20.7 Å². The van der Waals surface area contributed by atoms with Gasteiger partial charge in [-0.25, -0.2) is 4.79 Å². The fourth-order valence-electron chi connectivity index (χ4n) is 3.28. The van der Waals surface area contributed by atoms with Gasteiger partial charge in [-0.1, -0.05) is 25.1 Å². The molecule has 6 heteroatoms. The van der Waals surface area contributed by atoms with Gasteiger partial charge in [-0.05, 0) is 49.2 Å². The van der Waals surface area contributed by atoms with Crippen molar-refractivity contribution in [2.24, 2.45) is 0 Å². The van der Waals surface area contributed by atoms with Gasteiger partial charge in [0.1, 0.15) is 5.75 Å². The standard InChI is InChI=1S/C22H23NO5/c1-3-20(24)16-8-10-18(11-9-16)27-14-22(26)28-13-21(25)23-15(2)12-17-6-4-5-7-19(17)23/h4-11,15H,3,12-14H2,1-2H3/t15-/m0/s1. The molecule has 0 N–H and O–H groups in total. The van der Waals surface area contributed by atoms with Crippen molar-refractivity contribution in [2.75, 3.05) is 18.1 Å². The van der Waals surface area contributed by atoms with Gasteiger partial charge >= 0.3 is 5.97 Å². The Morgan fingerprint density at radius 1 is 1.04 bits per heavy atom. The highest BCUT2D eigenvalue weighted by atomic mass is 16.6. The molecular weight excluding hydrogens is 358 g/mol. The summed E-state index contributed by atoms with van der Waals surface area (Å²) in [5, 5.41) is 0. The van der Waals surface area contributed by atoms with Crippen molar-refractivity contribution < 1.29 is 23.9 Å². The summed E-state index contributed by atoms with van der Waals surface area (Å²) in [6.07, 6.45) is 1.22. The van der Waals surface area contributed by atoms with Gasteiger partial charge in [0.15, 0.2) is 19.0 Å². The van der Waals surface area contributed by atoms with Gasteiger partial charge in [0.25, 0.3) is 5.91 Å². The van der Waals surface area contributed by atoms with Crippen molar-refractivity contribution in [3.8, 4) is 5.75 Å². The van der Waals surface area contributed by atoms with Crippen LogP contribution in [0, 0.1) is 0 Å². The fraction of sp³-hybridized carbons (Fsp3) is 0.318. The van der Waals surface area contributed by atoms with Crippen LogP contribution < -0.4 is 9.64 Å². The van der Waals surface area contributed by atoms with E-state index in [-0.39, 0.29) is 30.9 Å². The topological polar surface area (TPSA) is 72.9 Å². The molecule has 1 aliphatic heterocycles. The minimum Gasteiger partial charge on any atom is -0.482 e. The molecule has 2 aromatic carbocycles. The van der Waals surface area contributed by atoms with Crippen molar-refractivity contribution in [3.05, 3.63) is 59.7 Å². The zero-order valence-electron chi connectivity index (χ0n) is 16.0. The number of hydrogen-bond donors (Lipinski definition) is 0. The first-order valence-electron chi connectivity index (χ1n) is 9.31. The highest BCUT2D eigenvalue weighted by Gasteiger charge is 2.30. The summed E-state index contributed by atoms with van der Waals surface area (Å²) in [4.78, 5) is 37.7. The first-order chi connectivity index (χ1) is 13.5. The van der Waals surface area contributed by atoms with Crippen LogP contribution >= 0.6 is 0 Å². The Morgan fingerprint density at radius 2 is 1.75 bits per heavy atom. The number of benzene rings is 2. The number of ether oxygens (including phenoxy) is 2. The minimum absolute atomic E-state index is 0.0317. The molecule has 0 radical (unpaired) electrons. The minimum atomic E-state index is -0.623. The van der Waals surface area contributed by atoms with E-state index in [1.54, 1.807) is 36.1 Å². The third kappa shape index (κ3) is 4.39. The third-order valence-corrected chi connectivity index (χ3v) is 4.69. The summed E-state index contributed by atoms with van der Waals surface area (Å²) in [6, 6.07) is 14.3. The first-order valence-corrected chi connectivity index (χ1v) is 9.31. The third-order valence-electron chi connectivity index (χ3n) is 4.69. The molecule has 0 bridgehead atoms.